The Morgan fingerprint density at radius 2 is 1.80 bits per heavy atom. The highest BCUT2D eigenvalue weighted by molar-refractivity contribution is 9.10. The molecule has 0 aliphatic carbocycles. The topological polar surface area (TPSA) is 29.1 Å². The molecule has 0 saturated carbocycles. The zero-order chi connectivity index (χ0) is 14.9. The Kier molecular flexibility index (Phi) is 4.18. The highest BCUT2D eigenvalue weighted by Crippen LogP contribution is 2.24. The maximum atomic E-state index is 13.5. The van der Waals surface area contributed by atoms with Crippen LogP contribution < -0.4 is 5.32 Å². The van der Waals surface area contributed by atoms with E-state index in [1.54, 1.807) is 26.0 Å². The molecule has 0 spiro atoms. The summed E-state index contributed by atoms with van der Waals surface area (Å²) < 4.78 is 27.1. The van der Waals surface area contributed by atoms with E-state index in [0.717, 1.165) is 6.07 Å². The molecule has 20 heavy (non-hydrogen) atoms. The number of anilines is 1. The van der Waals surface area contributed by atoms with Gasteiger partial charge in [-0.1, -0.05) is 0 Å². The lowest BCUT2D eigenvalue weighted by molar-refractivity contribution is 0.102. The summed E-state index contributed by atoms with van der Waals surface area (Å²) in [6.45, 7) is 3.45. The predicted molar refractivity (Wildman–Crippen MR) is 77.9 cm³/mol. The summed E-state index contributed by atoms with van der Waals surface area (Å²) in [6, 6.07) is 6.85. The minimum atomic E-state index is -0.478. The lowest BCUT2D eigenvalue weighted by Crippen LogP contribution is -2.13. The number of carbonyl (C=O) groups is 1. The molecule has 0 atom stereocenters. The number of hydrogen-bond donors (Lipinski definition) is 1. The number of carbonyl (C=O) groups excluding carboxylic acids is 1. The molecule has 0 fully saturated rings. The maximum absolute atomic E-state index is 13.5. The summed E-state index contributed by atoms with van der Waals surface area (Å²) in [4.78, 5) is 12.1. The summed E-state index contributed by atoms with van der Waals surface area (Å²) in [7, 11) is 0. The van der Waals surface area contributed by atoms with E-state index >= 15 is 0 Å². The summed E-state index contributed by atoms with van der Waals surface area (Å²) >= 11 is 3.07. The second-order valence-electron chi connectivity index (χ2n) is 4.55. The normalized spacial score (nSPS) is 10.4. The average molecular weight is 340 g/mol. The van der Waals surface area contributed by atoms with Gasteiger partial charge in [-0.25, -0.2) is 8.78 Å². The van der Waals surface area contributed by atoms with E-state index in [4.69, 9.17) is 0 Å². The van der Waals surface area contributed by atoms with Crippen molar-refractivity contribution in [1.82, 2.24) is 0 Å². The van der Waals surface area contributed by atoms with Crippen LogP contribution in [0.4, 0.5) is 14.5 Å². The second-order valence-corrected chi connectivity index (χ2v) is 5.41. The third-order valence-electron chi connectivity index (χ3n) is 2.82. The average Bonchev–Trinajstić information content (AvgIpc) is 2.34. The first kappa shape index (κ1) is 14.7. The van der Waals surface area contributed by atoms with Gasteiger partial charge in [-0.3, -0.25) is 4.79 Å². The van der Waals surface area contributed by atoms with Crippen LogP contribution >= 0.6 is 15.9 Å². The van der Waals surface area contributed by atoms with Crippen molar-refractivity contribution in [2.24, 2.45) is 0 Å². The van der Waals surface area contributed by atoms with Gasteiger partial charge in [0.25, 0.3) is 5.91 Å². The minimum absolute atomic E-state index is 0.199. The lowest BCUT2D eigenvalue weighted by Gasteiger charge is -2.10. The van der Waals surface area contributed by atoms with Crippen molar-refractivity contribution in [2.45, 2.75) is 13.8 Å². The number of aryl methyl sites for hydroxylation is 2. The van der Waals surface area contributed by atoms with E-state index in [9.17, 15) is 13.6 Å². The predicted octanol–water partition coefficient (Wildman–Crippen LogP) is 4.60. The van der Waals surface area contributed by atoms with Gasteiger partial charge in [-0.2, -0.15) is 0 Å². The molecule has 0 radical (unpaired) electrons. The van der Waals surface area contributed by atoms with Gasteiger partial charge in [0.15, 0.2) is 0 Å². The number of amides is 1. The first-order valence-corrected chi connectivity index (χ1v) is 6.70. The van der Waals surface area contributed by atoms with E-state index < -0.39 is 17.5 Å². The Hall–Kier alpha value is -1.75. The number of benzene rings is 2. The molecule has 0 aliphatic heterocycles. The summed E-state index contributed by atoms with van der Waals surface area (Å²) in [5.74, 6) is -1.42. The summed E-state index contributed by atoms with van der Waals surface area (Å²) in [6.07, 6.45) is 0. The van der Waals surface area contributed by atoms with Crippen LogP contribution in [-0.2, 0) is 0 Å². The van der Waals surface area contributed by atoms with Crippen molar-refractivity contribution in [2.75, 3.05) is 5.32 Å². The van der Waals surface area contributed by atoms with Crippen LogP contribution in [0.15, 0.2) is 34.8 Å². The van der Waals surface area contributed by atoms with Gasteiger partial charge >= 0.3 is 0 Å². The van der Waals surface area contributed by atoms with Crippen molar-refractivity contribution < 1.29 is 13.6 Å². The molecule has 2 aromatic carbocycles. The van der Waals surface area contributed by atoms with Crippen molar-refractivity contribution in [3.63, 3.8) is 0 Å². The molecule has 0 aromatic heterocycles. The van der Waals surface area contributed by atoms with Crippen LogP contribution in [0.1, 0.15) is 21.5 Å². The Labute approximate surface area is 123 Å². The lowest BCUT2D eigenvalue weighted by atomic mass is 10.1. The molecule has 1 N–H and O–H groups in total. The molecule has 1 amide bonds. The van der Waals surface area contributed by atoms with Crippen LogP contribution in [0.2, 0.25) is 0 Å². The minimum Gasteiger partial charge on any atom is -0.322 e. The highest BCUT2D eigenvalue weighted by atomic mass is 79.9. The second kappa shape index (κ2) is 5.71. The smallest absolute Gasteiger partial charge is 0.255 e. The van der Waals surface area contributed by atoms with Crippen LogP contribution in [0.5, 0.6) is 0 Å². The monoisotopic (exact) mass is 339 g/mol. The van der Waals surface area contributed by atoms with Crippen molar-refractivity contribution in [3.8, 4) is 0 Å². The number of halogens is 3. The molecule has 104 valence electrons. The first-order valence-electron chi connectivity index (χ1n) is 5.91. The van der Waals surface area contributed by atoms with Crippen molar-refractivity contribution >= 4 is 27.5 Å². The molecule has 2 rings (SSSR count). The SMILES string of the molecule is Cc1cc(F)cc(C(=O)Nc2cc(F)c(Br)cc2C)c1. The Bertz CT molecular complexity index is 666. The standard InChI is InChI=1S/C15H12BrF2NO/c1-8-3-10(6-11(17)4-8)15(20)19-14-7-13(18)12(16)5-9(14)2/h3-7H,1-2H3,(H,19,20). The van der Waals surface area contributed by atoms with Gasteiger partial charge in [0.1, 0.15) is 11.6 Å². The van der Waals surface area contributed by atoms with Crippen molar-refractivity contribution in [3.05, 3.63) is 63.1 Å². The molecule has 5 heteroatoms. The molecule has 0 unspecified atom stereocenters. The number of hydrogen-bond acceptors (Lipinski definition) is 1. The van der Waals surface area contributed by atoms with E-state index in [1.165, 1.54) is 12.1 Å². The third-order valence-corrected chi connectivity index (χ3v) is 3.43. The fourth-order valence-corrected chi connectivity index (χ4v) is 2.30. The molecule has 0 saturated heterocycles. The Morgan fingerprint density at radius 1 is 1.10 bits per heavy atom. The van der Waals surface area contributed by atoms with E-state index in [1.807, 2.05) is 0 Å². The Morgan fingerprint density at radius 3 is 2.45 bits per heavy atom. The first-order chi connectivity index (χ1) is 9.36. The fraction of sp³-hybridized carbons (Fsp3) is 0.133. The highest BCUT2D eigenvalue weighted by Gasteiger charge is 2.11. The van der Waals surface area contributed by atoms with Gasteiger partial charge in [0, 0.05) is 11.3 Å². The third kappa shape index (κ3) is 3.22. The van der Waals surface area contributed by atoms with Gasteiger partial charge in [-0.15, -0.1) is 0 Å². The molecular formula is C15H12BrF2NO. The molecule has 2 aromatic rings. The van der Waals surface area contributed by atoms with E-state index in [-0.39, 0.29) is 5.56 Å². The zero-order valence-electron chi connectivity index (χ0n) is 10.9. The molecular weight excluding hydrogens is 328 g/mol. The maximum Gasteiger partial charge on any atom is 0.255 e. The van der Waals surface area contributed by atoms with Gasteiger partial charge < -0.3 is 5.32 Å². The summed E-state index contributed by atoms with van der Waals surface area (Å²) in [5, 5.41) is 2.58. The van der Waals surface area contributed by atoms with Crippen LogP contribution in [0, 0.1) is 25.5 Å². The quantitative estimate of drug-likeness (QED) is 0.851. The molecule has 2 nitrogen and oxygen atoms in total. The van der Waals surface area contributed by atoms with E-state index in [0.29, 0.717) is 21.3 Å². The summed E-state index contributed by atoms with van der Waals surface area (Å²) in [5.41, 5.74) is 1.91. The Balaban J connectivity index is 2.30. The number of nitrogens with one attached hydrogen (secondary N) is 1. The molecule has 0 heterocycles. The fourth-order valence-electron chi connectivity index (χ4n) is 1.84. The zero-order valence-corrected chi connectivity index (χ0v) is 12.5. The molecule has 0 aliphatic rings. The van der Waals surface area contributed by atoms with Gasteiger partial charge in [0.2, 0.25) is 0 Å². The van der Waals surface area contributed by atoms with Crippen LogP contribution in [-0.4, -0.2) is 5.91 Å². The van der Waals surface area contributed by atoms with Crippen LogP contribution in [0.25, 0.3) is 0 Å². The molecule has 0 bridgehead atoms. The largest absolute Gasteiger partial charge is 0.322 e. The van der Waals surface area contributed by atoms with E-state index in [2.05, 4.69) is 21.2 Å². The number of rotatable bonds is 2. The van der Waals surface area contributed by atoms with Gasteiger partial charge in [-0.05, 0) is 71.2 Å². The van der Waals surface area contributed by atoms with Gasteiger partial charge in [0.05, 0.1) is 4.47 Å². The van der Waals surface area contributed by atoms with Crippen molar-refractivity contribution in [1.29, 1.82) is 0 Å². The van der Waals surface area contributed by atoms with Crippen LogP contribution in [0.3, 0.4) is 0 Å².